The maximum atomic E-state index is 6.20. The molecule has 1 aromatic carbocycles. The first-order valence-electron chi connectivity index (χ1n) is 6.91. The summed E-state index contributed by atoms with van der Waals surface area (Å²) in [4.78, 5) is 10.4. The molecule has 3 N–H and O–H groups in total. The second-order valence-electron chi connectivity index (χ2n) is 4.79. The molecule has 0 radical (unpaired) electrons. The minimum atomic E-state index is 0.500. The zero-order valence-electron chi connectivity index (χ0n) is 12.2. The normalized spacial score (nSPS) is 10.4. The number of para-hydroxylation sites is 1. The van der Waals surface area contributed by atoms with Crippen molar-refractivity contribution in [3.8, 4) is 0 Å². The van der Waals surface area contributed by atoms with Gasteiger partial charge in [-0.3, -0.25) is 0 Å². The maximum Gasteiger partial charge on any atom is 0.161 e. The minimum Gasteiger partial charge on any atom is -0.467 e. The summed E-state index contributed by atoms with van der Waals surface area (Å²) in [6.45, 7) is 0.517. The fraction of sp³-hybridized carbons (Fsp3) is 0.125. The van der Waals surface area contributed by atoms with Crippen molar-refractivity contribution in [1.82, 2.24) is 9.97 Å². The van der Waals surface area contributed by atoms with E-state index in [0.29, 0.717) is 23.9 Å². The van der Waals surface area contributed by atoms with Crippen LogP contribution in [0.5, 0.6) is 0 Å². The topological polar surface area (TPSA) is 80.2 Å². The van der Waals surface area contributed by atoms with E-state index in [2.05, 4.69) is 15.3 Å². The maximum absolute atomic E-state index is 6.20. The van der Waals surface area contributed by atoms with Gasteiger partial charge in [0, 0.05) is 12.7 Å². The van der Waals surface area contributed by atoms with Gasteiger partial charge in [0.15, 0.2) is 11.6 Å². The first-order valence-corrected chi connectivity index (χ1v) is 6.91. The second-order valence-corrected chi connectivity index (χ2v) is 4.79. The Morgan fingerprint density at radius 1 is 1.14 bits per heavy atom. The Balaban J connectivity index is 1.82. The smallest absolute Gasteiger partial charge is 0.161 e. The molecule has 0 amide bonds. The predicted octanol–water partition coefficient (Wildman–Crippen LogP) is 3.03. The molecule has 6 nitrogen and oxygen atoms in total. The minimum absolute atomic E-state index is 0.500. The molecule has 0 spiro atoms. The van der Waals surface area contributed by atoms with Gasteiger partial charge >= 0.3 is 0 Å². The lowest BCUT2D eigenvalue weighted by atomic mass is 10.3. The lowest BCUT2D eigenvalue weighted by Gasteiger charge is -2.20. The summed E-state index contributed by atoms with van der Waals surface area (Å²) in [5.74, 6) is 2.06. The molecule has 6 heteroatoms. The van der Waals surface area contributed by atoms with Gasteiger partial charge in [-0.05, 0) is 24.3 Å². The molecule has 0 unspecified atom stereocenters. The van der Waals surface area contributed by atoms with Crippen LogP contribution in [0.2, 0.25) is 0 Å². The van der Waals surface area contributed by atoms with Crippen LogP contribution < -0.4 is 16.0 Å². The largest absolute Gasteiger partial charge is 0.467 e. The highest BCUT2D eigenvalue weighted by Crippen LogP contribution is 2.30. The number of nitrogens with two attached hydrogens (primary N) is 1. The van der Waals surface area contributed by atoms with E-state index in [1.807, 2.05) is 54.4 Å². The van der Waals surface area contributed by atoms with Crippen LogP contribution in [0.3, 0.4) is 0 Å². The molecule has 22 heavy (non-hydrogen) atoms. The number of rotatable bonds is 5. The third-order valence-corrected chi connectivity index (χ3v) is 3.33. The Bertz CT molecular complexity index is 728. The van der Waals surface area contributed by atoms with Crippen molar-refractivity contribution in [2.24, 2.45) is 0 Å². The van der Waals surface area contributed by atoms with E-state index in [0.717, 1.165) is 11.4 Å². The Kier molecular flexibility index (Phi) is 3.91. The van der Waals surface area contributed by atoms with Gasteiger partial charge < -0.3 is 20.4 Å². The predicted molar refractivity (Wildman–Crippen MR) is 87.0 cm³/mol. The van der Waals surface area contributed by atoms with Gasteiger partial charge in [-0.2, -0.15) is 0 Å². The first kappa shape index (κ1) is 13.9. The van der Waals surface area contributed by atoms with Crippen molar-refractivity contribution >= 4 is 23.0 Å². The van der Waals surface area contributed by atoms with Crippen molar-refractivity contribution in [2.45, 2.75) is 6.54 Å². The van der Waals surface area contributed by atoms with Crippen LogP contribution in [0.1, 0.15) is 5.76 Å². The molecule has 0 saturated carbocycles. The summed E-state index contributed by atoms with van der Waals surface area (Å²) in [7, 11) is 1.92. The van der Waals surface area contributed by atoms with E-state index in [9.17, 15) is 0 Å². The highest BCUT2D eigenvalue weighted by Gasteiger charge is 2.13. The number of hydrogen-bond donors (Lipinski definition) is 2. The molecular weight excluding hydrogens is 278 g/mol. The molecule has 0 aliphatic heterocycles. The van der Waals surface area contributed by atoms with Gasteiger partial charge in [-0.1, -0.05) is 18.2 Å². The van der Waals surface area contributed by atoms with Gasteiger partial charge in [0.1, 0.15) is 17.8 Å². The summed E-state index contributed by atoms with van der Waals surface area (Å²) in [6, 6.07) is 13.6. The third kappa shape index (κ3) is 2.85. The van der Waals surface area contributed by atoms with Crippen LogP contribution in [-0.4, -0.2) is 17.0 Å². The Morgan fingerprint density at radius 3 is 2.68 bits per heavy atom. The van der Waals surface area contributed by atoms with E-state index in [1.54, 1.807) is 6.26 Å². The summed E-state index contributed by atoms with van der Waals surface area (Å²) in [5, 5.41) is 3.17. The number of nitrogens with zero attached hydrogens (tertiary/aromatic N) is 3. The molecular formula is C16H17N5O. The van der Waals surface area contributed by atoms with Crippen molar-refractivity contribution in [3.63, 3.8) is 0 Å². The van der Waals surface area contributed by atoms with E-state index < -0.39 is 0 Å². The molecule has 0 saturated heterocycles. The van der Waals surface area contributed by atoms with Crippen LogP contribution in [0.4, 0.5) is 23.0 Å². The zero-order chi connectivity index (χ0) is 15.4. The Labute approximate surface area is 128 Å². The van der Waals surface area contributed by atoms with E-state index >= 15 is 0 Å². The SMILES string of the molecule is CN(c1ccccc1)c1ncnc(NCc2ccco2)c1N. The number of anilines is 4. The van der Waals surface area contributed by atoms with Gasteiger partial charge in [-0.25, -0.2) is 9.97 Å². The number of aromatic nitrogens is 2. The molecule has 2 heterocycles. The molecule has 0 atom stereocenters. The van der Waals surface area contributed by atoms with Crippen LogP contribution >= 0.6 is 0 Å². The lowest BCUT2D eigenvalue weighted by molar-refractivity contribution is 0.518. The first-order chi connectivity index (χ1) is 10.8. The molecule has 0 bridgehead atoms. The van der Waals surface area contributed by atoms with E-state index in [-0.39, 0.29) is 0 Å². The number of benzene rings is 1. The average molecular weight is 295 g/mol. The monoisotopic (exact) mass is 295 g/mol. The lowest BCUT2D eigenvalue weighted by Crippen LogP contribution is -2.15. The summed E-state index contributed by atoms with van der Waals surface area (Å²) in [6.07, 6.45) is 3.13. The molecule has 0 aliphatic carbocycles. The highest BCUT2D eigenvalue weighted by atomic mass is 16.3. The van der Waals surface area contributed by atoms with Gasteiger partial charge in [0.25, 0.3) is 0 Å². The quantitative estimate of drug-likeness (QED) is 0.753. The van der Waals surface area contributed by atoms with Gasteiger partial charge in [-0.15, -0.1) is 0 Å². The van der Waals surface area contributed by atoms with E-state index in [4.69, 9.17) is 10.2 Å². The summed E-state index contributed by atoms with van der Waals surface area (Å²) in [5.41, 5.74) is 7.71. The third-order valence-electron chi connectivity index (χ3n) is 3.33. The molecule has 0 fully saturated rings. The number of hydrogen-bond acceptors (Lipinski definition) is 6. The Morgan fingerprint density at radius 2 is 1.95 bits per heavy atom. The van der Waals surface area contributed by atoms with Gasteiger partial charge in [0.05, 0.1) is 12.8 Å². The molecule has 2 aromatic heterocycles. The van der Waals surface area contributed by atoms with Crippen molar-refractivity contribution in [3.05, 3.63) is 60.8 Å². The number of nitrogen functional groups attached to an aromatic ring is 1. The fourth-order valence-electron chi connectivity index (χ4n) is 2.15. The molecule has 3 rings (SSSR count). The average Bonchev–Trinajstić information content (AvgIpc) is 3.07. The van der Waals surface area contributed by atoms with Crippen LogP contribution in [0, 0.1) is 0 Å². The van der Waals surface area contributed by atoms with Crippen LogP contribution in [0.15, 0.2) is 59.5 Å². The standard InChI is InChI=1S/C16H17N5O/c1-21(12-6-3-2-4-7-12)16-14(17)15(19-11-20-16)18-10-13-8-5-9-22-13/h2-9,11H,10,17H2,1H3,(H,18,19,20). The summed E-state index contributed by atoms with van der Waals surface area (Å²) >= 11 is 0. The Hall–Kier alpha value is -3.02. The van der Waals surface area contributed by atoms with Crippen molar-refractivity contribution in [2.75, 3.05) is 23.0 Å². The van der Waals surface area contributed by atoms with Crippen molar-refractivity contribution in [1.29, 1.82) is 0 Å². The molecule has 112 valence electrons. The fourth-order valence-corrected chi connectivity index (χ4v) is 2.15. The van der Waals surface area contributed by atoms with E-state index in [1.165, 1.54) is 6.33 Å². The second kappa shape index (κ2) is 6.17. The van der Waals surface area contributed by atoms with Gasteiger partial charge in [0.2, 0.25) is 0 Å². The van der Waals surface area contributed by atoms with Crippen LogP contribution in [0.25, 0.3) is 0 Å². The summed E-state index contributed by atoms with van der Waals surface area (Å²) < 4.78 is 5.28. The van der Waals surface area contributed by atoms with Crippen molar-refractivity contribution < 1.29 is 4.42 Å². The van der Waals surface area contributed by atoms with Crippen LogP contribution in [-0.2, 0) is 6.54 Å². The number of furan rings is 1. The molecule has 3 aromatic rings. The zero-order valence-corrected chi connectivity index (χ0v) is 12.2. The highest BCUT2D eigenvalue weighted by molar-refractivity contribution is 5.78. The molecule has 0 aliphatic rings. The number of nitrogens with one attached hydrogen (secondary N) is 1.